The van der Waals surface area contributed by atoms with E-state index in [1.54, 1.807) is 25.1 Å². The average Bonchev–Trinajstić information content (AvgIpc) is 2.67. The van der Waals surface area contributed by atoms with Crippen LogP contribution in [0, 0.1) is 6.92 Å². The van der Waals surface area contributed by atoms with Gasteiger partial charge in [0, 0.05) is 18.0 Å². The van der Waals surface area contributed by atoms with Gasteiger partial charge >= 0.3 is 5.97 Å². The van der Waals surface area contributed by atoms with Crippen LogP contribution in [-0.4, -0.2) is 45.9 Å². The van der Waals surface area contributed by atoms with Crippen molar-refractivity contribution in [2.75, 3.05) is 24.8 Å². The normalized spacial score (nSPS) is 14.0. The molecule has 1 aliphatic rings. The first-order valence-corrected chi connectivity index (χ1v) is 10.8. The molecule has 0 aromatic heterocycles. The van der Waals surface area contributed by atoms with Crippen molar-refractivity contribution in [3.05, 3.63) is 47.5 Å². The van der Waals surface area contributed by atoms with E-state index in [-0.39, 0.29) is 10.5 Å². The number of esters is 1. The van der Waals surface area contributed by atoms with E-state index in [4.69, 9.17) is 14.2 Å². The lowest BCUT2D eigenvalue weighted by Gasteiger charge is -2.19. The summed E-state index contributed by atoms with van der Waals surface area (Å²) in [5.41, 5.74) is 1.10. The summed E-state index contributed by atoms with van der Waals surface area (Å²) in [7, 11) is -3.48. The molecular weight excluding hydrogens is 398 g/mol. The number of fused-ring (bicyclic) bond motifs is 1. The number of ether oxygens (including phenoxy) is 3. The van der Waals surface area contributed by atoms with Crippen LogP contribution >= 0.6 is 0 Å². The molecule has 0 bridgehead atoms. The predicted octanol–water partition coefficient (Wildman–Crippen LogP) is 2.35. The number of benzene rings is 2. The standard InChI is InChI=1S/C20H21NO7S/c1-12-4-6-15(29(3,24)25)11-16(12)20(23)28-13(2)19(22)21-14-5-7-17-18(10-14)27-9-8-26-17/h4-7,10-11,13H,8-9H2,1-3H3,(H,21,22)/t13-/m0/s1. The van der Waals surface area contributed by atoms with Crippen molar-refractivity contribution < 1.29 is 32.2 Å². The van der Waals surface area contributed by atoms with Gasteiger partial charge in [-0.2, -0.15) is 0 Å². The van der Waals surface area contributed by atoms with Gasteiger partial charge in [0.1, 0.15) is 13.2 Å². The van der Waals surface area contributed by atoms with E-state index in [2.05, 4.69) is 5.32 Å². The van der Waals surface area contributed by atoms with Gasteiger partial charge in [0.15, 0.2) is 27.4 Å². The molecule has 0 spiro atoms. The van der Waals surface area contributed by atoms with Crippen molar-refractivity contribution in [1.82, 2.24) is 0 Å². The molecule has 154 valence electrons. The van der Waals surface area contributed by atoms with E-state index in [1.165, 1.54) is 25.1 Å². The van der Waals surface area contributed by atoms with E-state index < -0.39 is 27.8 Å². The van der Waals surface area contributed by atoms with E-state index in [0.717, 1.165) is 6.26 Å². The highest BCUT2D eigenvalue weighted by molar-refractivity contribution is 7.90. The number of hydrogen-bond acceptors (Lipinski definition) is 7. The van der Waals surface area contributed by atoms with E-state index >= 15 is 0 Å². The second-order valence-corrected chi connectivity index (χ2v) is 8.66. The maximum atomic E-state index is 12.5. The second kappa shape index (κ2) is 8.12. The number of nitrogens with one attached hydrogen (secondary N) is 1. The van der Waals surface area contributed by atoms with Gasteiger partial charge in [-0.1, -0.05) is 6.07 Å². The number of hydrogen-bond donors (Lipinski definition) is 1. The predicted molar refractivity (Wildman–Crippen MR) is 105 cm³/mol. The molecule has 0 aliphatic carbocycles. The molecule has 1 aliphatic heterocycles. The minimum absolute atomic E-state index is 0.00318. The summed E-state index contributed by atoms with van der Waals surface area (Å²) in [6, 6.07) is 9.14. The van der Waals surface area contributed by atoms with Crippen LogP contribution in [0.4, 0.5) is 5.69 Å². The van der Waals surface area contributed by atoms with Crippen LogP contribution in [0.15, 0.2) is 41.3 Å². The minimum Gasteiger partial charge on any atom is -0.486 e. The van der Waals surface area contributed by atoms with Crippen molar-refractivity contribution in [1.29, 1.82) is 0 Å². The van der Waals surface area contributed by atoms with Crippen LogP contribution in [0.2, 0.25) is 0 Å². The summed E-state index contributed by atoms with van der Waals surface area (Å²) in [6.45, 7) is 3.97. The van der Waals surface area contributed by atoms with Crippen molar-refractivity contribution >= 4 is 27.4 Å². The van der Waals surface area contributed by atoms with Gasteiger partial charge in [0.25, 0.3) is 5.91 Å². The van der Waals surface area contributed by atoms with Gasteiger partial charge in [-0.25, -0.2) is 13.2 Å². The third-order valence-corrected chi connectivity index (χ3v) is 5.43. The SMILES string of the molecule is Cc1ccc(S(C)(=O)=O)cc1C(=O)O[C@@H](C)C(=O)Nc1ccc2c(c1)OCCO2. The minimum atomic E-state index is -3.48. The molecule has 2 aromatic rings. The van der Waals surface area contributed by atoms with Gasteiger partial charge < -0.3 is 19.5 Å². The number of sulfone groups is 1. The lowest BCUT2D eigenvalue weighted by atomic mass is 10.1. The molecule has 1 amide bonds. The van der Waals surface area contributed by atoms with Crippen LogP contribution in [0.25, 0.3) is 0 Å². The Kier molecular flexibility index (Phi) is 5.78. The van der Waals surface area contributed by atoms with Crippen LogP contribution in [0.3, 0.4) is 0 Å². The van der Waals surface area contributed by atoms with Crippen molar-refractivity contribution in [2.24, 2.45) is 0 Å². The first-order valence-electron chi connectivity index (χ1n) is 8.87. The summed E-state index contributed by atoms with van der Waals surface area (Å²) in [4.78, 5) is 24.9. The fourth-order valence-corrected chi connectivity index (χ4v) is 3.34. The third kappa shape index (κ3) is 4.86. The smallest absolute Gasteiger partial charge is 0.339 e. The van der Waals surface area contributed by atoms with Crippen molar-refractivity contribution in [3.8, 4) is 11.5 Å². The third-order valence-electron chi connectivity index (χ3n) is 4.32. The Balaban J connectivity index is 1.69. The fraction of sp³-hybridized carbons (Fsp3) is 0.300. The molecule has 1 atom stereocenters. The maximum absolute atomic E-state index is 12.5. The first kappa shape index (κ1) is 20.7. The Morgan fingerprint density at radius 2 is 1.76 bits per heavy atom. The maximum Gasteiger partial charge on any atom is 0.339 e. The molecule has 9 heteroatoms. The Labute approximate surface area is 168 Å². The highest BCUT2D eigenvalue weighted by atomic mass is 32.2. The fourth-order valence-electron chi connectivity index (χ4n) is 2.69. The molecule has 29 heavy (non-hydrogen) atoms. The number of carbonyl (C=O) groups is 2. The Hall–Kier alpha value is -3.07. The molecule has 0 fully saturated rings. The van der Waals surface area contributed by atoms with E-state index in [1.807, 2.05) is 0 Å². The quantitative estimate of drug-likeness (QED) is 0.741. The summed E-state index contributed by atoms with van der Waals surface area (Å²) in [5, 5.41) is 2.65. The lowest BCUT2D eigenvalue weighted by molar-refractivity contribution is -0.123. The molecule has 0 saturated heterocycles. The molecule has 3 rings (SSSR count). The van der Waals surface area contributed by atoms with E-state index in [9.17, 15) is 18.0 Å². The monoisotopic (exact) mass is 419 g/mol. The summed E-state index contributed by atoms with van der Waals surface area (Å²) in [5.74, 6) is -0.202. The molecular formula is C20H21NO7S. The number of anilines is 1. The average molecular weight is 419 g/mol. The van der Waals surface area contributed by atoms with Gasteiger partial charge in [-0.15, -0.1) is 0 Å². The Morgan fingerprint density at radius 3 is 2.45 bits per heavy atom. The zero-order valence-electron chi connectivity index (χ0n) is 16.2. The molecule has 2 aromatic carbocycles. The van der Waals surface area contributed by atoms with Crippen LogP contribution in [-0.2, 0) is 19.4 Å². The Morgan fingerprint density at radius 1 is 1.07 bits per heavy atom. The molecule has 0 radical (unpaired) electrons. The molecule has 0 saturated carbocycles. The zero-order chi connectivity index (χ0) is 21.2. The number of amides is 1. The highest BCUT2D eigenvalue weighted by Gasteiger charge is 2.22. The number of rotatable bonds is 5. The van der Waals surface area contributed by atoms with Crippen LogP contribution < -0.4 is 14.8 Å². The number of aryl methyl sites for hydroxylation is 1. The van der Waals surface area contributed by atoms with Gasteiger partial charge in [-0.3, -0.25) is 4.79 Å². The second-order valence-electron chi connectivity index (χ2n) is 6.64. The molecule has 1 heterocycles. The van der Waals surface area contributed by atoms with Crippen molar-refractivity contribution in [2.45, 2.75) is 24.8 Å². The molecule has 8 nitrogen and oxygen atoms in total. The zero-order valence-corrected chi connectivity index (χ0v) is 17.0. The number of carbonyl (C=O) groups excluding carboxylic acids is 2. The first-order chi connectivity index (χ1) is 13.6. The summed E-state index contributed by atoms with van der Waals surface area (Å²) in [6.07, 6.45) is -0.0482. The summed E-state index contributed by atoms with van der Waals surface area (Å²) < 4.78 is 39.6. The lowest BCUT2D eigenvalue weighted by Crippen LogP contribution is -2.30. The van der Waals surface area contributed by atoms with Gasteiger partial charge in [-0.05, 0) is 43.7 Å². The summed E-state index contributed by atoms with van der Waals surface area (Å²) >= 11 is 0. The largest absolute Gasteiger partial charge is 0.486 e. The topological polar surface area (TPSA) is 108 Å². The molecule has 0 unspecified atom stereocenters. The van der Waals surface area contributed by atoms with Gasteiger partial charge in [0.05, 0.1) is 10.5 Å². The van der Waals surface area contributed by atoms with Crippen molar-refractivity contribution in [3.63, 3.8) is 0 Å². The molecule has 1 N–H and O–H groups in total. The van der Waals surface area contributed by atoms with E-state index in [0.29, 0.717) is 36.0 Å². The Bertz CT molecular complexity index is 1060. The van der Waals surface area contributed by atoms with Gasteiger partial charge in [0.2, 0.25) is 0 Å². The van der Waals surface area contributed by atoms with Crippen LogP contribution in [0.1, 0.15) is 22.8 Å². The highest BCUT2D eigenvalue weighted by Crippen LogP contribution is 2.32. The van der Waals surface area contributed by atoms with Crippen LogP contribution in [0.5, 0.6) is 11.5 Å².